The normalized spacial score (nSPS) is 11.3. The number of sulfone groups is 1. The first-order valence-corrected chi connectivity index (χ1v) is 8.61. The van der Waals surface area contributed by atoms with Crippen LogP contribution in [0.2, 0.25) is 5.02 Å². The largest absolute Gasteiger partial charge is 0.293 e. The zero-order valence-corrected chi connectivity index (χ0v) is 13.1. The summed E-state index contributed by atoms with van der Waals surface area (Å²) in [5.41, 5.74) is 1.91. The smallest absolute Gasteiger partial charge is 0.179 e. The highest BCUT2D eigenvalue weighted by molar-refractivity contribution is 7.91. The summed E-state index contributed by atoms with van der Waals surface area (Å²) in [5.74, 6) is -1.16. The molecule has 0 aliphatic heterocycles. The van der Waals surface area contributed by atoms with Crippen molar-refractivity contribution in [1.29, 1.82) is 0 Å². The molecule has 0 spiro atoms. The standard InChI is InChI=1S/C16H15ClO3S/c1-12-5-4-6-13(9-12)10-21(19,20)11-16(18)14-7-2-3-8-15(14)17/h2-9H,10-11H2,1H3. The molecule has 0 N–H and O–H groups in total. The van der Waals surface area contributed by atoms with Gasteiger partial charge in [-0.25, -0.2) is 8.42 Å². The van der Waals surface area contributed by atoms with Crippen molar-refractivity contribution >= 4 is 27.2 Å². The molecule has 0 bridgehead atoms. The van der Waals surface area contributed by atoms with Crippen molar-refractivity contribution in [2.45, 2.75) is 12.7 Å². The molecule has 0 aliphatic rings. The van der Waals surface area contributed by atoms with Crippen LogP contribution in [0.3, 0.4) is 0 Å². The van der Waals surface area contributed by atoms with Gasteiger partial charge in [-0.1, -0.05) is 53.6 Å². The molecular weight excluding hydrogens is 308 g/mol. The van der Waals surface area contributed by atoms with Crippen molar-refractivity contribution in [2.75, 3.05) is 5.75 Å². The van der Waals surface area contributed by atoms with Crippen LogP contribution in [-0.4, -0.2) is 20.0 Å². The molecule has 21 heavy (non-hydrogen) atoms. The Morgan fingerprint density at radius 3 is 2.48 bits per heavy atom. The lowest BCUT2D eigenvalue weighted by molar-refractivity contribution is 0.102. The van der Waals surface area contributed by atoms with Gasteiger partial charge in [-0.3, -0.25) is 4.79 Å². The van der Waals surface area contributed by atoms with E-state index in [0.717, 1.165) is 5.56 Å². The highest BCUT2D eigenvalue weighted by atomic mass is 35.5. The first-order chi connectivity index (χ1) is 9.87. The molecule has 0 saturated carbocycles. The molecule has 0 aliphatic carbocycles. The second kappa shape index (κ2) is 6.41. The zero-order chi connectivity index (χ0) is 15.5. The minimum atomic E-state index is -3.52. The molecule has 0 fully saturated rings. The second-order valence-corrected chi connectivity index (χ2v) is 7.40. The molecule has 3 nitrogen and oxygen atoms in total. The van der Waals surface area contributed by atoms with Crippen molar-refractivity contribution in [3.63, 3.8) is 0 Å². The van der Waals surface area contributed by atoms with E-state index in [1.165, 1.54) is 6.07 Å². The fourth-order valence-electron chi connectivity index (χ4n) is 2.07. The van der Waals surface area contributed by atoms with Crippen LogP contribution in [0.25, 0.3) is 0 Å². The highest BCUT2D eigenvalue weighted by Crippen LogP contribution is 2.17. The lowest BCUT2D eigenvalue weighted by Crippen LogP contribution is -2.18. The molecule has 2 aromatic rings. The van der Waals surface area contributed by atoms with E-state index in [2.05, 4.69) is 0 Å². The van der Waals surface area contributed by atoms with Gasteiger partial charge in [0.15, 0.2) is 15.6 Å². The summed E-state index contributed by atoms with van der Waals surface area (Å²) in [6, 6.07) is 13.7. The minimum Gasteiger partial charge on any atom is -0.293 e. The molecule has 5 heteroatoms. The quantitative estimate of drug-likeness (QED) is 0.792. The van der Waals surface area contributed by atoms with E-state index in [1.807, 2.05) is 13.0 Å². The van der Waals surface area contributed by atoms with Crippen LogP contribution in [0.1, 0.15) is 21.5 Å². The number of hydrogen-bond acceptors (Lipinski definition) is 3. The molecule has 0 saturated heterocycles. The monoisotopic (exact) mass is 322 g/mol. The number of carbonyl (C=O) groups excluding carboxylic acids is 1. The third-order valence-corrected chi connectivity index (χ3v) is 4.80. The molecule has 0 unspecified atom stereocenters. The van der Waals surface area contributed by atoms with Crippen LogP contribution in [-0.2, 0) is 15.6 Å². The summed E-state index contributed by atoms with van der Waals surface area (Å²) in [6.07, 6.45) is 0. The first-order valence-electron chi connectivity index (χ1n) is 6.41. The Morgan fingerprint density at radius 1 is 1.10 bits per heavy atom. The number of hydrogen-bond donors (Lipinski definition) is 0. The van der Waals surface area contributed by atoms with Gasteiger partial charge in [0.1, 0.15) is 5.75 Å². The summed E-state index contributed by atoms with van der Waals surface area (Å²) >= 11 is 5.91. The Bertz CT molecular complexity index is 767. The Morgan fingerprint density at radius 2 is 1.81 bits per heavy atom. The van der Waals surface area contributed by atoms with E-state index in [4.69, 9.17) is 11.6 Å². The van der Waals surface area contributed by atoms with Gasteiger partial charge >= 0.3 is 0 Å². The molecule has 0 amide bonds. The Hall–Kier alpha value is -1.65. The molecule has 0 atom stereocenters. The fraction of sp³-hybridized carbons (Fsp3) is 0.188. The first kappa shape index (κ1) is 15.7. The van der Waals surface area contributed by atoms with Crippen LogP contribution < -0.4 is 0 Å². The summed E-state index contributed by atoms with van der Waals surface area (Å²) in [6.45, 7) is 1.89. The van der Waals surface area contributed by atoms with Crippen LogP contribution in [0.4, 0.5) is 0 Å². The number of halogens is 1. The van der Waals surface area contributed by atoms with Gasteiger partial charge in [0.05, 0.1) is 10.8 Å². The molecule has 2 rings (SSSR count). The number of ketones is 1. The van der Waals surface area contributed by atoms with Gasteiger partial charge in [0, 0.05) is 5.56 Å². The van der Waals surface area contributed by atoms with Crippen molar-refractivity contribution in [1.82, 2.24) is 0 Å². The van der Waals surface area contributed by atoms with E-state index in [9.17, 15) is 13.2 Å². The van der Waals surface area contributed by atoms with Crippen molar-refractivity contribution in [3.8, 4) is 0 Å². The van der Waals surface area contributed by atoms with Crippen molar-refractivity contribution in [3.05, 3.63) is 70.2 Å². The lowest BCUT2D eigenvalue weighted by atomic mass is 10.1. The number of aryl methyl sites for hydroxylation is 1. The number of carbonyl (C=O) groups is 1. The number of benzene rings is 2. The zero-order valence-electron chi connectivity index (χ0n) is 11.5. The van der Waals surface area contributed by atoms with Gasteiger partial charge in [0.25, 0.3) is 0 Å². The number of rotatable bonds is 5. The number of Topliss-reactive ketones (excluding diaryl/α,β-unsaturated/α-hetero) is 1. The van der Waals surface area contributed by atoms with Crippen LogP contribution in [0.15, 0.2) is 48.5 Å². The lowest BCUT2D eigenvalue weighted by Gasteiger charge is -2.06. The van der Waals surface area contributed by atoms with Crippen LogP contribution in [0, 0.1) is 6.92 Å². The van der Waals surface area contributed by atoms with Gasteiger partial charge in [-0.15, -0.1) is 0 Å². The highest BCUT2D eigenvalue weighted by Gasteiger charge is 2.20. The average molecular weight is 323 g/mol. The molecule has 0 radical (unpaired) electrons. The topological polar surface area (TPSA) is 51.2 Å². The summed E-state index contributed by atoms with van der Waals surface area (Å²) in [4.78, 5) is 12.1. The SMILES string of the molecule is Cc1cccc(CS(=O)(=O)CC(=O)c2ccccc2Cl)c1. The van der Waals surface area contributed by atoms with Crippen LogP contribution in [0.5, 0.6) is 0 Å². The van der Waals surface area contributed by atoms with Crippen molar-refractivity contribution < 1.29 is 13.2 Å². The van der Waals surface area contributed by atoms with Crippen molar-refractivity contribution in [2.24, 2.45) is 0 Å². The summed E-state index contributed by atoms with van der Waals surface area (Å²) < 4.78 is 24.3. The Balaban J connectivity index is 2.15. The third-order valence-electron chi connectivity index (χ3n) is 2.99. The van der Waals surface area contributed by atoms with Gasteiger partial charge in [-0.05, 0) is 24.6 Å². The molecule has 2 aromatic carbocycles. The second-order valence-electron chi connectivity index (χ2n) is 4.92. The van der Waals surface area contributed by atoms with E-state index in [1.54, 1.807) is 36.4 Å². The predicted molar refractivity (Wildman–Crippen MR) is 84.5 cm³/mol. The summed E-state index contributed by atoms with van der Waals surface area (Å²) in [5, 5.41) is 0.272. The van der Waals surface area contributed by atoms with Gasteiger partial charge in [-0.2, -0.15) is 0 Å². The van der Waals surface area contributed by atoms with E-state index < -0.39 is 21.4 Å². The Kier molecular flexibility index (Phi) is 4.80. The molecule has 0 aromatic heterocycles. The maximum atomic E-state index is 12.1. The molecule has 110 valence electrons. The van der Waals surface area contributed by atoms with E-state index in [0.29, 0.717) is 5.56 Å². The minimum absolute atomic E-state index is 0.148. The third kappa shape index (κ3) is 4.41. The molecule has 0 heterocycles. The van der Waals surface area contributed by atoms with E-state index in [-0.39, 0.29) is 16.3 Å². The average Bonchev–Trinajstić information content (AvgIpc) is 2.37. The van der Waals surface area contributed by atoms with Crippen LogP contribution >= 0.6 is 11.6 Å². The predicted octanol–water partition coefficient (Wildman–Crippen LogP) is 3.45. The maximum Gasteiger partial charge on any atom is 0.179 e. The van der Waals surface area contributed by atoms with Gasteiger partial charge < -0.3 is 0 Å². The maximum absolute atomic E-state index is 12.1. The van der Waals surface area contributed by atoms with Gasteiger partial charge in [0.2, 0.25) is 0 Å². The van der Waals surface area contributed by atoms with E-state index >= 15 is 0 Å². The molecular formula is C16H15ClO3S. The Labute approximate surface area is 129 Å². The fourth-order valence-corrected chi connectivity index (χ4v) is 3.66. The summed E-state index contributed by atoms with van der Waals surface area (Å²) in [7, 11) is -3.52.